The zero-order valence-electron chi connectivity index (χ0n) is 13.6. The van der Waals surface area contributed by atoms with Crippen LogP contribution in [0.3, 0.4) is 0 Å². The standard InChI is InChI=1S/C17H27N3O/c1-12(2)9-15(17(21)18-3)19-11-13-5-6-16-14(10-13)7-8-20(16)4/h5-6,10,12,15,19H,7-9,11H2,1-4H3,(H,18,21). The Morgan fingerprint density at radius 2 is 2.14 bits per heavy atom. The lowest BCUT2D eigenvalue weighted by atomic mass is 10.0. The number of benzene rings is 1. The normalized spacial score (nSPS) is 15.2. The molecule has 2 rings (SSSR count). The van der Waals surface area contributed by atoms with Gasteiger partial charge in [0.25, 0.3) is 0 Å². The molecule has 0 bridgehead atoms. The lowest BCUT2D eigenvalue weighted by Gasteiger charge is -2.19. The quantitative estimate of drug-likeness (QED) is 0.841. The molecular weight excluding hydrogens is 262 g/mol. The molecule has 2 N–H and O–H groups in total. The smallest absolute Gasteiger partial charge is 0.236 e. The average molecular weight is 289 g/mol. The SMILES string of the molecule is CNC(=O)C(CC(C)C)NCc1ccc2c(c1)CCN2C. The van der Waals surface area contributed by atoms with E-state index in [1.165, 1.54) is 16.8 Å². The minimum absolute atomic E-state index is 0.0737. The number of likely N-dealkylation sites (N-methyl/N-ethyl adjacent to an activating group) is 2. The number of hydrogen-bond acceptors (Lipinski definition) is 3. The summed E-state index contributed by atoms with van der Waals surface area (Å²) in [5.74, 6) is 0.568. The zero-order chi connectivity index (χ0) is 15.4. The maximum absolute atomic E-state index is 11.9. The van der Waals surface area contributed by atoms with Gasteiger partial charge < -0.3 is 15.5 Å². The van der Waals surface area contributed by atoms with Gasteiger partial charge in [-0.25, -0.2) is 0 Å². The van der Waals surface area contributed by atoms with E-state index in [2.05, 4.69) is 54.6 Å². The fourth-order valence-corrected chi connectivity index (χ4v) is 2.90. The van der Waals surface area contributed by atoms with Gasteiger partial charge in [0.05, 0.1) is 6.04 Å². The van der Waals surface area contributed by atoms with Crippen LogP contribution in [-0.4, -0.2) is 32.6 Å². The van der Waals surface area contributed by atoms with E-state index in [0.29, 0.717) is 5.92 Å². The van der Waals surface area contributed by atoms with Crippen LogP contribution in [0, 0.1) is 5.92 Å². The highest BCUT2D eigenvalue weighted by atomic mass is 16.2. The summed E-state index contributed by atoms with van der Waals surface area (Å²) in [6.07, 6.45) is 1.97. The number of carbonyl (C=O) groups excluding carboxylic acids is 1. The molecule has 0 saturated heterocycles. The van der Waals surface area contributed by atoms with E-state index < -0.39 is 0 Å². The molecule has 4 nitrogen and oxygen atoms in total. The van der Waals surface area contributed by atoms with E-state index in [-0.39, 0.29) is 11.9 Å². The van der Waals surface area contributed by atoms with Crippen LogP contribution >= 0.6 is 0 Å². The van der Waals surface area contributed by atoms with Gasteiger partial charge in [-0.05, 0) is 36.0 Å². The molecule has 1 amide bonds. The van der Waals surface area contributed by atoms with Crippen LogP contribution in [0.1, 0.15) is 31.4 Å². The van der Waals surface area contributed by atoms with Gasteiger partial charge in [0.2, 0.25) is 5.91 Å². The van der Waals surface area contributed by atoms with Gasteiger partial charge in [-0.1, -0.05) is 26.0 Å². The Balaban J connectivity index is 1.99. The second kappa shape index (κ2) is 6.94. The predicted octanol–water partition coefficient (Wildman–Crippen LogP) is 1.93. The number of rotatable bonds is 6. The van der Waals surface area contributed by atoms with Crippen LogP contribution in [0.5, 0.6) is 0 Å². The number of nitrogens with zero attached hydrogens (tertiary/aromatic N) is 1. The molecule has 0 saturated carbocycles. The van der Waals surface area contributed by atoms with Crippen molar-refractivity contribution in [2.75, 3.05) is 25.5 Å². The van der Waals surface area contributed by atoms with Crippen molar-refractivity contribution in [3.8, 4) is 0 Å². The fraction of sp³-hybridized carbons (Fsp3) is 0.588. The molecular formula is C17H27N3O. The number of carbonyl (C=O) groups is 1. The van der Waals surface area contributed by atoms with E-state index in [0.717, 1.165) is 25.9 Å². The van der Waals surface area contributed by atoms with E-state index in [1.807, 2.05) is 0 Å². The molecule has 0 radical (unpaired) electrons. The number of anilines is 1. The highest BCUT2D eigenvalue weighted by Gasteiger charge is 2.19. The first-order valence-corrected chi connectivity index (χ1v) is 7.79. The third kappa shape index (κ3) is 3.97. The van der Waals surface area contributed by atoms with Crippen molar-refractivity contribution in [3.63, 3.8) is 0 Å². The van der Waals surface area contributed by atoms with Crippen LogP contribution in [-0.2, 0) is 17.8 Å². The van der Waals surface area contributed by atoms with Crippen molar-refractivity contribution in [3.05, 3.63) is 29.3 Å². The van der Waals surface area contributed by atoms with Crippen molar-refractivity contribution in [2.45, 2.75) is 39.3 Å². The molecule has 0 aliphatic carbocycles. The van der Waals surface area contributed by atoms with Crippen molar-refractivity contribution in [1.29, 1.82) is 0 Å². The third-order valence-corrected chi connectivity index (χ3v) is 4.09. The molecule has 4 heteroatoms. The molecule has 0 fully saturated rings. The van der Waals surface area contributed by atoms with Crippen molar-refractivity contribution >= 4 is 11.6 Å². The summed E-state index contributed by atoms with van der Waals surface area (Å²) in [4.78, 5) is 14.2. The molecule has 21 heavy (non-hydrogen) atoms. The van der Waals surface area contributed by atoms with Crippen LogP contribution in [0.4, 0.5) is 5.69 Å². The highest BCUT2D eigenvalue weighted by molar-refractivity contribution is 5.81. The lowest BCUT2D eigenvalue weighted by molar-refractivity contribution is -0.123. The summed E-state index contributed by atoms with van der Waals surface area (Å²) in [5, 5.41) is 6.14. The van der Waals surface area contributed by atoms with E-state index in [9.17, 15) is 4.79 Å². The molecule has 1 unspecified atom stereocenters. The topological polar surface area (TPSA) is 44.4 Å². The maximum atomic E-state index is 11.9. The Hall–Kier alpha value is -1.55. The Morgan fingerprint density at radius 1 is 1.38 bits per heavy atom. The highest BCUT2D eigenvalue weighted by Crippen LogP contribution is 2.27. The lowest BCUT2D eigenvalue weighted by Crippen LogP contribution is -2.43. The molecule has 1 aromatic rings. The number of amides is 1. The van der Waals surface area contributed by atoms with Gasteiger partial charge in [-0.15, -0.1) is 0 Å². The summed E-state index contributed by atoms with van der Waals surface area (Å²) in [5.41, 5.74) is 4.00. The number of fused-ring (bicyclic) bond motifs is 1. The van der Waals surface area contributed by atoms with Crippen molar-refractivity contribution < 1.29 is 4.79 Å². The van der Waals surface area contributed by atoms with Gasteiger partial charge in [0, 0.05) is 32.9 Å². The summed E-state index contributed by atoms with van der Waals surface area (Å²) in [6.45, 7) is 6.12. The molecule has 1 aliphatic rings. The molecule has 1 heterocycles. The second-order valence-electron chi connectivity index (χ2n) is 6.31. The van der Waals surface area contributed by atoms with Crippen LogP contribution in [0.25, 0.3) is 0 Å². The molecule has 116 valence electrons. The Morgan fingerprint density at radius 3 is 2.81 bits per heavy atom. The van der Waals surface area contributed by atoms with Gasteiger partial charge in [-0.3, -0.25) is 4.79 Å². The summed E-state index contributed by atoms with van der Waals surface area (Å²) in [7, 11) is 3.83. The molecule has 1 atom stereocenters. The first-order chi connectivity index (χ1) is 10.0. The van der Waals surface area contributed by atoms with Crippen LogP contribution in [0.2, 0.25) is 0 Å². The maximum Gasteiger partial charge on any atom is 0.236 e. The van der Waals surface area contributed by atoms with Gasteiger partial charge in [-0.2, -0.15) is 0 Å². The van der Waals surface area contributed by atoms with Crippen LogP contribution in [0.15, 0.2) is 18.2 Å². The Labute approximate surface area is 127 Å². The zero-order valence-corrected chi connectivity index (χ0v) is 13.6. The largest absolute Gasteiger partial charge is 0.374 e. The van der Waals surface area contributed by atoms with Gasteiger partial charge in [0.1, 0.15) is 0 Å². The number of hydrogen-bond donors (Lipinski definition) is 2. The van der Waals surface area contributed by atoms with Gasteiger partial charge in [0.15, 0.2) is 0 Å². The van der Waals surface area contributed by atoms with E-state index in [4.69, 9.17) is 0 Å². The van der Waals surface area contributed by atoms with Crippen LogP contribution < -0.4 is 15.5 Å². The summed E-state index contributed by atoms with van der Waals surface area (Å²) >= 11 is 0. The number of nitrogens with one attached hydrogen (secondary N) is 2. The predicted molar refractivity (Wildman–Crippen MR) is 87.6 cm³/mol. The molecule has 1 aliphatic heterocycles. The molecule has 0 spiro atoms. The van der Waals surface area contributed by atoms with Gasteiger partial charge >= 0.3 is 0 Å². The first kappa shape index (κ1) is 15.8. The Kier molecular flexibility index (Phi) is 5.23. The minimum atomic E-state index is -0.120. The monoisotopic (exact) mass is 289 g/mol. The second-order valence-corrected chi connectivity index (χ2v) is 6.31. The summed E-state index contributed by atoms with van der Waals surface area (Å²) < 4.78 is 0. The van der Waals surface area contributed by atoms with E-state index >= 15 is 0 Å². The van der Waals surface area contributed by atoms with E-state index in [1.54, 1.807) is 7.05 Å². The Bertz CT molecular complexity index is 499. The minimum Gasteiger partial charge on any atom is -0.374 e. The van der Waals surface area contributed by atoms with Crippen molar-refractivity contribution in [1.82, 2.24) is 10.6 Å². The first-order valence-electron chi connectivity index (χ1n) is 7.79. The average Bonchev–Trinajstić information content (AvgIpc) is 2.83. The van der Waals surface area contributed by atoms with Crippen molar-refractivity contribution in [2.24, 2.45) is 5.92 Å². The summed E-state index contributed by atoms with van der Waals surface area (Å²) in [6, 6.07) is 6.49. The fourth-order valence-electron chi connectivity index (χ4n) is 2.90. The molecule has 0 aromatic heterocycles. The molecule has 1 aromatic carbocycles. The third-order valence-electron chi connectivity index (χ3n) is 4.09.